The molecule has 4 rings (SSSR count). The first kappa shape index (κ1) is 63.5. The zero-order valence-electron chi connectivity index (χ0n) is 42.0. The van der Waals surface area contributed by atoms with Crippen LogP contribution >= 0.6 is 0 Å². The maximum atomic E-state index is 12.6. The summed E-state index contributed by atoms with van der Waals surface area (Å²) in [5, 5.41) is 118. The summed E-state index contributed by atoms with van der Waals surface area (Å²) in [4.78, 5) is 40.4. The minimum Gasteiger partial charge on any atom is -0.481 e. The number of ether oxygens (including phenoxy) is 4. The number of aromatic nitrogens is 2. The predicted molar refractivity (Wildman–Crippen MR) is 266 cm³/mol. The molecule has 4 heterocycles. The predicted octanol–water partition coefficient (Wildman–Crippen LogP) is 0.203. The van der Waals surface area contributed by atoms with Gasteiger partial charge < -0.3 is 86.6 Å². The Hall–Kier alpha value is -4.83. The summed E-state index contributed by atoms with van der Waals surface area (Å²) in [5.41, 5.74) is 10.3. The van der Waals surface area contributed by atoms with Crippen molar-refractivity contribution in [3.63, 3.8) is 0 Å². The number of carboxylic acids is 1. The summed E-state index contributed by atoms with van der Waals surface area (Å²) in [5.74, 6) is -7.82. The van der Waals surface area contributed by atoms with Gasteiger partial charge in [-0.05, 0) is 33.1 Å². The summed E-state index contributed by atoms with van der Waals surface area (Å²) in [6.07, 6.45) is 4.32. The van der Waals surface area contributed by atoms with Crippen LogP contribution < -0.4 is 17.2 Å². The number of H-pyrrole nitrogens is 1. The van der Waals surface area contributed by atoms with Crippen molar-refractivity contribution in [2.45, 2.75) is 177 Å². The fourth-order valence-corrected chi connectivity index (χ4v) is 8.36. The van der Waals surface area contributed by atoms with Crippen LogP contribution in [-0.2, 0) is 28.5 Å². The number of anilines is 1. The highest BCUT2D eigenvalue weighted by Crippen LogP contribution is 2.38. The number of aliphatic hydroxyl groups is 10. The minimum atomic E-state index is -2.29. The third kappa shape index (κ3) is 21.4. The molecule has 0 spiro atoms. The number of carboxylic acid groups (broad SMARTS) is 1. The monoisotopic (exact) mass is 1050 g/mol. The molecular weight excluding hydrogens is 976 g/mol. The molecule has 2 saturated heterocycles. The SMILES string of the molecule is C[C@H]1[C@H](O)[C@@H](C)/C=C/C=C/C=C/C=C/C=C/C=C/C=C/[C@H](O[C@@H]2O[C@H](C)[C@@H](O)[C@H](N)[C@@H]2O)C[C@@H]2O[C@](O)(C[C@@H](O)C[C@@H](O)CC[C@H](O)[C@@H](O)C[C@@H](O)CC(=O)O[C@H]1C)C[C@H](O)[C@H]2C(=O)O.Nc1[nH]c(=O)ncc1F. The molecule has 0 aliphatic carbocycles. The van der Waals surface area contributed by atoms with Crippen LogP contribution in [0.25, 0.3) is 0 Å². The van der Waals surface area contributed by atoms with Crippen LogP contribution in [0, 0.1) is 23.6 Å². The molecule has 19 atom stereocenters. The van der Waals surface area contributed by atoms with Crippen molar-refractivity contribution in [2.75, 3.05) is 5.73 Å². The van der Waals surface area contributed by atoms with Crippen LogP contribution in [0.1, 0.15) is 79.1 Å². The van der Waals surface area contributed by atoms with Crippen molar-refractivity contribution in [1.29, 1.82) is 0 Å². The Morgan fingerprint density at radius 1 is 0.730 bits per heavy atom. The molecule has 416 valence electrons. The Morgan fingerprint density at radius 3 is 1.88 bits per heavy atom. The molecule has 0 saturated carbocycles. The molecule has 22 nitrogen and oxygen atoms in total. The van der Waals surface area contributed by atoms with Crippen LogP contribution in [0.15, 0.2) is 96.1 Å². The van der Waals surface area contributed by atoms with Gasteiger partial charge in [-0.3, -0.25) is 14.6 Å². The molecule has 0 unspecified atom stereocenters. The standard InChI is InChI=1S/C47H73NO17.C4H4FN3O/c1-27-17-15-13-11-9-7-5-6-8-10-12-14-16-18-34(64-46-44(58)41(48)43(57)30(4)63-46)24-38-40(45(59)60)37(54)26-47(61,65-38)25-33(51)21-31(49)19-20-35(52)36(53)22-32(50)23-39(55)62-29(3)28(2)42(27)56;5-2-1-7-4(9)8-3(2)6/h5-18,27-38,40-44,46,49-54,56-58,61H,19-26,48H2,1-4H3,(H,59,60);1H,(H3,6,7,8,9)/b6-5+,9-7+,10-8+,13-11+,14-12+,17-15+,18-16+;/t27-,28+,29-,30+,31-,32+,33-,34-,35-,36-,37-,38-,40+,41-,42+,43+,44-,46-,47+;/m0./s1. The minimum absolute atomic E-state index is 0.140. The number of nitrogens with one attached hydrogen (secondary N) is 1. The van der Waals surface area contributed by atoms with Crippen LogP contribution in [0.2, 0.25) is 0 Å². The van der Waals surface area contributed by atoms with Gasteiger partial charge in [0.15, 0.2) is 17.9 Å². The Balaban J connectivity index is 0.00000144. The van der Waals surface area contributed by atoms with Crippen molar-refractivity contribution in [1.82, 2.24) is 9.97 Å². The van der Waals surface area contributed by atoms with E-state index in [-0.39, 0.29) is 37.4 Å². The second kappa shape index (κ2) is 31.3. The molecule has 23 heteroatoms. The largest absolute Gasteiger partial charge is 0.481 e. The average molecular weight is 1050 g/mol. The topological polar surface area (TPSA) is 391 Å². The van der Waals surface area contributed by atoms with E-state index in [1.165, 1.54) is 13.0 Å². The summed E-state index contributed by atoms with van der Waals surface area (Å²) in [6, 6.07) is -1.14. The normalized spacial score (nSPS) is 41.1. The molecular formula is C51H77FN4O18. The number of nitrogen functional groups attached to an aromatic ring is 1. The van der Waals surface area contributed by atoms with Gasteiger partial charge >= 0.3 is 17.6 Å². The second-order valence-electron chi connectivity index (χ2n) is 19.0. The smallest absolute Gasteiger partial charge is 0.346 e. The number of halogens is 1. The number of aromatic amines is 1. The number of cyclic esters (lactones) is 1. The molecule has 2 bridgehead atoms. The van der Waals surface area contributed by atoms with Crippen LogP contribution in [0.3, 0.4) is 0 Å². The highest BCUT2D eigenvalue weighted by Gasteiger charge is 2.51. The number of esters is 1. The van der Waals surface area contributed by atoms with Crippen LogP contribution in [0.4, 0.5) is 10.2 Å². The highest BCUT2D eigenvalue weighted by molar-refractivity contribution is 5.71. The Bertz CT molecular complexity index is 2160. The second-order valence-corrected chi connectivity index (χ2v) is 19.0. The fraction of sp³-hybridized carbons (Fsp3) is 0.608. The van der Waals surface area contributed by atoms with Crippen molar-refractivity contribution in [2.24, 2.45) is 23.5 Å². The average Bonchev–Trinajstić information content (AvgIpc) is 3.31. The quantitative estimate of drug-likeness (QED) is 0.180. The number of nitrogens with zero attached hydrogens (tertiary/aromatic N) is 1. The third-order valence-electron chi connectivity index (χ3n) is 12.8. The van der Waals surface area contributed by atoms with Gasteiger partial charge in [0.2, 0.25) is 0 Å². The van der Waals surface area contributed by atoms with E-state index < -0.39 is 158 Å². The lowest BCUT2D eigenvalue weighted by Gasteiger charge is -2.45. The van der Waals surface area contributed by atoms with Gasteiger partial charge in [-0.25, -0.2) is 9.18 Å². The van der Waals surface area contributed by atoms with Gasteiger partial charge in [0.05, 0.1) is 85.8 Å². The van der Waals surface area contributed by atoms with Crippen molar-refractivity contribution >= 4 is 17.8 Å². The number of fused-ring (bicyclic) bond motifs is 2. The summed E-state index contributed by atoms with van der Waals surface area (Å²) in [6.45, 7) is 6.72. The summed E-state index contributed by atoms with van der Waals surface area (Å²) < 4.78 is 35.3. The van der Waals surface area contributed by atoms with Gasteiger partial charge in [-0.1, -0.05) is 98.9 Å². The third-order valence-corrected chi connectivity index (χ3v) is 12.8. The highest BCUT2D eigenvalue weighted by atomic mass is 19.1. The molecule has 1 aromatic rings. The molecule has 0 amide bonds. The lowest BCUT2D eigenvalue weighted by molar-refractivity contribution is -0.308. The molecule has 0 aromatic carbocycles. The maximum absolute atomic E-state index is 12.6. The zero-order chi connectivity index (χ0) is 55.3. The molecule has 3 aliphatic rings. The van der Waals surface area contributed by atoms with E-state index in [1.807, 2.05) is 18.0 Å². The van der Waals surface area contributed by atoms with E-state index in [2.05, 4.69) is 4.98 Å². The van der Waals surface area contributed by atoms with Crippen molar-refractivity contribution < 1.29 is 89.1 Å². The number of hydrogen-bond donors (Lipinski definition) is 14. The van der Waals surface area contributed by atoms with Gasteiger partial charge in [-0.2, -0.15) is 4.98 Å². The van der Waals surface area contributed by atoms with Crippen molar-refractivity contribution in [3.05, 3.63) is 108 Å². The van der Waals surface area contributed by atoms with E-state index in [4.69, 9.17) is 30.4 Å². The van der Waals surface area contributed by atoms with Crippen LogP contribution in [-0.4, -0.2) is 176 Å². The van der Waals surface area contributed by atoms with E-state index >= 15 is 0 Å². The van der Waals surface area contributed by atoms with Crippen LogP contribution in [0.5, 0.6) is 0 Å². The molecule has 3 aliphatic heterocycles. The van der Waals surface area contributed by atoms with E-state index in [1.54, 1.807) is 86.8 Å². The van der Waals surface area contributed by atoms with Gasteiger partial charge in [0.25, 0.3) is 0 Å². The lowest BCUT2D eigenvalue weighted by Crippen LogP contribution is -2.61. The number of aliphatic hydroxyl groups excluding tert-OH is 9. The number of nitrogens with two attached hydrogens (primary N) is 2. The first-order valence-electron chi connectivity index (χ1n) is 24.5. The maximum Gasteiger partial charge on any atom is 0.346 e. The lowest BCUT2D eigenvalue weighted by atomic mass is 9.82. The van der Waals surface area contributed by atoms with Gasteiger partial charge in [0, 0.05) is 37.5 Å². The Labute approximate surface area is 429 Å². The summed E-state index contributed by atoms with van der Waals surface area (Å²) >= 11 is 0. The number of carbonyl (C=O) groups excluding carboxylic acids is 1. The van der Waals surface area contributed by atoms with E-state index in [0.717, 1.165) is 6.20 Å². The summed E-state index contributed by atoms with van der Waals surface area (Å²) in [7, 11) is 0. The molecule has 0 radical (unpaired) electrons. The first-order chi connectivity index (χ1) is 34.8. The van der Waals surface area contributed by atoms with Gasteiger partial charge in [0.1, 0.15) is 23.9 Å². The zero-order valence-corrected chi connectivity index (χ0v) is 42.0. The number of allylic oxidation sites excluding steroid dienone is 12. The molecule has 2 fully saturated rings. The number of rotatable bonds is 3. The van der Waals surface area contributed by atoms with Gasteiger partial charge in [-0.15, -0.1) is 0 Å². The van der Waals surface area contributed by atoms with E-state index in [0.29, 0.717) is 0 Å². The molecule has 1 aromatic heterocycles. The van der Waals surface area contributed by atoms with Crippen molar-refractivity contribution in [3.8, 4) is 0 Å². The first-order valence-corrected chi connectivity index (χ1v) is 24.5. The Kier molecular flexibility index (Phi) is 26.8. The number of aliphatic carboxylic acids is 1. The number of hydrogen-bond acceptors (Lipinski definition) is 20. The van der Waals surface area contributed by atoms with E-state index in [9.17, 15) is 74.9 Å². The molecule has 16 N–H and O–H groups in total. The molecule has 74 heavy (non-hydrogen) atoms. The Morgan fingerprint density at radius 2 is 1.31 bits per heavy atom. The fourth-order valence-electron chi connectivity index (χ4n) is 8.36. The number of carbonyl (C=O) groups is 2.